The summed E-state index contributed by atoms with van der Waals surface area (Å²) < 4.78 is 5.64. The Kier molecular flexibility index (Phi) is 5.16. The molecule has 4 aromatic rings. The molecule has 0 spiro atoms. The summed E-state index contributed by atoms with van der Waals surface area (Å²) in [5.74, 6) is 0.902. The van der Waals surface area contributed by atoms with Crippen molar-refractivity contribution in [3.05, 3.63) is 60.0 Å². The van der Waals surface area contributed by atoms with E-state index in [4.69, 9.17) is 4.42 Å². The van der Waals surface area contributed by atoms with Gasteiger partial charge in [0.05, 0.1) is 0 Å². The van der Waals surface area contributed by atoms with Gasteiger partial charge in [0.1, 0.15) is 10.5 Å². The molecule has 2 heterocycles. The molecule has 0 radical (unpaired) electrons. The highest BCUT2D eigenvalue weighted by molar-refractivity contribution is 7.18. The summed E-state index contributed by atoms with van der Waals surface area (Å²) in [4.78, 5) is 16.6. The van der Waals surface area contributed by atoms with Crippen molar-refractivity contribution in [2.24, 2.45) is 0 Å². The van der Waals surface area contributed by atoms with Crippen molar-refractivity contribution in [2.45, 2.75) is 32.6 Å². The van der Waals surface area contributed by atoms with Crippen LogP contribution in [0.2, 0.25) is 0 Å². The Morgan fingerprint density at radius 2 is 1.89 bits per heavy atom. The SMILES string of the molecule is CC(C)c1ccc(-c2nnc(NC(=O)CCc3nc4ccccc4o3)s2)cc1. The van der Waals surface area contributed by atoms with Gasteiger partial charge in [0.15, 0.2) is 11.5 Å². The summed E-state index contributed by atoms with van der Waals surface area (Å²) in [6.45, 7) is 4.32. The third kappa shape index (κ3) is 4.09. The number of anilines is 1. The van der Waals surface area contributed by atoms with E-state index in [2.05, 4.69) is 46.5 Å². The first-order valence-electron chi connectivity index (χ1n) is 9.16. The fourth-order valence-corrected chi connectivity index (χ4v) is 3.60. The molecule has 0 unspecified atom stereocenters. The number of benzene rings is 2. The summed E-state index contributed by atoms with van der Waals surface area (Å²) in [6.07, 6.45) is 0.702. The van der Waals surface area contributed by atoms with Crippen LogP contribution in [0.1, 0.15) is 37.6 Å². The average molecular weight is 392 g/mol. The predicted molar refractivity (Wildman–Crippen MR) is 110 cm³/mol. The van der Waals surface area contributed by atoms with E-state index in [-0.39, 0.29) is 12.3 Å². The van der Waals surface area contributed by atoms with Crippen molar-refractivity contribution in [3.63, 3.8) is 0 Å². The zero-order valence-corrected chi connectivity index (χ0v) is 16.5. The highest BCUT2D eigenvalue weighted by Gasteiger charge is 2.12. The molecular formula is C21H20N4O2S. The maximum atomic E-state index is 12.2. The van der Waals surface area contributed by atoms with Crippen LogP contribution in [0.4, 0.5) is 5.13 Å². The Morgan fingerprint density at radius 1 is 1.11 bits per heavy atom. The van der Waals surface area contributed by atoms with Gasteiger partial charge < -0.3 is 9.73 Å². The van der Waals surface area contributed by atoms with Crippen LogP contribution < -0.4 is 5.32 Å². The third-order valence-electron chi connectivity index (χ3n) is 4.40. The number of rotatable bonds is 6. The molecule has 0 fully saturated rings. The van der Waals surface area contributed by atoms with Crippen molar-refractivity contribution in [1.82, 2.24) is 15.2 Å². The minimum atomic E-state index is -0.139. The molecule has 142 valence electrons. The molecule has 7 heteroatoms. The van der Waals surface area contributed by atoms with Crippen molar-refractivity contribution in [2.75, 3.05) is 5.32 Å². The van der Waals surface area contributed by atoms with Crippen molar-refractivity contribution in [1.29, 1.82) is 0 Å². The van der Waals surface area contributed by atoms with E-state index < -0.39 is 0 Å². The Morgan fingerprint density at radius 3 is 2.64 bits per heavy atom. The summed E-state index contributed by atoms with van der Waals surface area (Å²) in [6, 6.07) is 15.8. The van der Waals surface area contributed by atoms with Crippen LogP contribution in [0.5, 0.6) is 0 Å². The fourth-order valence-electron chi connectivity index (χ4n) is 2.83. The highest BCUT2D eigenvalue weighted by Crippen LogP contribution is 2.28. The lowest BCUT2D eigenvalue weighted by atomic mass is 10.0. The second-order valence-corrected chi connectivity index (χ2v) is 7.79. The van der Waals surface area contributed by atoms with Gasteiger partial charge in [-0.3, -0.25) is 4.79 Å². The summed E-state index contributed by atoms with van der Waals surface area (Å²) in [5, 5.41) is 12.3. The van der Waals surface area contributed by atoms with Crippen molar-refractivity contribution < 1.29 is 9.21 Å². The van der Waals surface area contributed by atoms with Gasteiger partial charge in [0.25, 0.3) is 0 Å². The Balaban J connectivity index is 1.35. The van der Waals surface area contributed by atoms with E-state index in [0.717, 1.165) is 21.7 Å². The lowest BCUT2D eigenvalue weighted by Gasteiger charge is -2.04. The normalized spacial score (nSPS) is 11.2. The number of fused-ring (bicyclic) bond motifs is 1. The molecule has 4 rings (SSSR count). The van der Waals surface area contributed by atoms with Crippen molar-refractivity contribution in [3.8, 4) is 10.6 Å². The van der Waals surface area contributed by atoms with Gasteiger partial charge in [-0.15, -0.1) is 10.2 Å². The molecule has 2 aromatic carbocycles. The van der Waals surface area contributed by atoms with E-state index in [1.165, 1.54) is 16.9 Å². The lowest BCUT2D eigenvalue weighted by molar-refractivity contribution is -0.116. The Hall–Kier alpha value is -3.06. The number of nitrogens with zero attached hydrogens (tertiary/aromatic N) is 3. The van der Waals surface area contributed by atoms with Crippen LogP contribution in [0.3, 0.4) is 0 Å². The number of para-hydroxylation sites is 2. The molecule has 6 nitrogen and oxygen atoms in total. The second-order valence-electron chi connectivity index (χ2n) is 6.81. The monoisotopic (exact) mass is 392 g/mol. The minimum Gasteiger partial charge on any atom is -0.441 e. The van der Waals surface area contributed by atoms with Crippen LogP contribution in [0, 0.1) is 0 Å². The number of hydrogen-bond donors (Lipinski definition) is 1. The van der Waals surface area contributed by atoms with Gasteiger partial charge in [-0.25, -0.2) is 4.98 Å². The number of hydrogen-bond acceptors (Lipinski definition) is 6. The summed E-state index contributed by atoms with van der Waals surface area (Å²) in [7, 11) is 0. The molecule has 0 saturated carbocycles. The number of nitrogens with one attached hydrogen (secondary N) is 1. The molecule has 1 N–H and O–H groups in total. The molecule has 0 aliphatic rings. The maximum Gasteiger partial charge on any atom is 0.226 e. The van der Waals surface area contributed by atoms with E-state index in [0.29, 0.717) is 23.4 Å². The summed E-state index contributed by atoms with van der Waals surface area (Å²) in [5.41, 5.74) is 3.81. The van der Waals surface area contributed by atoms with E-state index >= 15 is 0 Å². The largest absolute Gasteiger partial charge is 0.441 e. The first-order valence-corrected chi connectivity index (χ1v) is 9.98. The van der Waals surface area contributed by atoms with Crippen LogP contribution >= 0.6 is 11.3 Å². The maximum absolute atomic E-state index is 12.2. The molecule has 0 saturated heterocycles. The topological polar surface area (TPSA) is 80.9 Å². The molecule has 0 aliphatic heterocycles. The number of amides is 1. The van der Waals surface area contributed by atoms with Crippen LogP contribution in [-0.2, 0) is 11.2 Å². The molecule has 2 aromatic heterocycles. The average Bonchev–Trinajstić information content (AvgIpc) is 3.33. The van der Waals surface area contributed by atoms with E-state index in [9.17, 15) is 4.79 Å². The van der Waals surface area contributed by atoms with Crippen molar-refractivity contribution >= 4 is 33.5 Å². The smallest absolute Gasteiger partial charge is 0.226 e. The quantitative estimate of drug-likeness (QED) is 0.497. The fraction of sp³-hybridized carbons (Fsp3) is 0.238. The third-order valence-corrected chi connectivity index (χ3v) is 5.29. The number of aromatic nitrogens is 3. The molecule has 28 heavy (non-hydrogen) atoms. The number of carbonyl (C=O) groups excluding carboxylic acids is 1. The Bertz CT molecular complexity index is 1070. The minimum absolute atomic E-state index is 0.139. The van der Waals surface area contributed by atoms with Crippen LogP contribution in [-0.4, -0.2) is 21.1 Å². The van der Waals surface area contributed by atoms with Gasteiger partial charge in [-0.05, 0) is 23.6 Å². The highest BCUT2D eigenvalue weighted by atomic mass is 32.1. The number of aryl methyl sites for hydroxylation is 1. The second kappa shape index (κ2) is 7.90. The van der Waals surface area contributed by atoms with Crippen LogP contribution in [0.25, 0.3) is 21.7 Å². The predicted octanol–water partition coefficient (Wildman–Crippen LogP) is 5.04. The lowest BCUT2D eigenvalue weighted by Crippen LogP contribution is -2.12. The molecule has 0 aliphatic carbocycles. The summed E-state index contributed by atoms with van der Waals surface area (Å²) >= 11 is 1.36. The number of carbonyl (C=O) groups is 1. The zero-order valence-electron chi connectivity index (χ0n) is 15.7. The molecule has 0 bridgehead atoms. The number of oxazole rings is 1. The van der Waals surface area contributed by atoms with Gasteiger partial charge in [0, 0.05) is 18.4 Å². The first-order chi connectivity index (χ1) is 13.6. The van der Waals surface area contributed by atoms with Gasteiger partial charge in [-0.1, -0.05) is 61.6 Å². The molecule has 1 amide bonds. The molecule has 0 atom stereocenters. The first kappa shape index (κ1) is 18.3. The zero-order chi connectivity index (χ0) is 19.5. The van der Waals surface area contributed by atoms with Gasteiger partial charge >= 0.3 is 0 Å². The van der Waals surface area contributed by atoms with Crippen LogP contribution in [0.15, 0.2) is 52.9 Å². The standard InChI is InChI=1S/C21H20N4O2S/c1-13(2)14-7-9-15(10-8-14)20-24-25-21(28-20)23-18(26)11-12-19-22-16-5-3-4-6-17(16)27-19/h3-10,13H,11-12H2,1-2H3,(H,23,25,26). The van der Waals surface area contributed by atoms with Gasteiger partial charge in [0.2, 0.25) is 11.0 Å². The Labute approximate surface area is 166 Å². The molecular weight excluding hydrogens is 372 g/mol. The van der Waals surface area contributed by atoms with E-state index in [1.54, 1.807) is 0 Å². The van der Waals surface area contributed by atoms with Gasteiger partial charge in [-0.2, -0.15) is 0 Å². The van der Waals surface area contributed by atoms with E-state index in [1.807, 2.05) is 36.4 Å².